The number of halogens is 1. The van der Waals surface area contributed by atoms with Gasteiger partial charge in [0, 0.05) is 56.3 Å². The van der Waals surface area contributed by atoms with E-state index in [-0.39, 0.29) is 17.6 Å². The minimum absolute atomic E-state index is 0.00942. The highest BCUT2D eigenvalue weighted by atomic mass is 19.1. The number of nitrogens with zero attached hydrogens (tertiary/aromatic N) is 5. The molecule has 0 atom stereocenters. The largest absolute Gasteiger partial charge is 0.496 e. The zero-order valence-corrected chi connectivity index (χ0v) is 21.1. The molecule has 0 aliphatic carbocycles. The lowest BCUT2D eigenvalue weighted by molar-refractivity contribution is 0.415. The molecule has 0 bridgehead atoms. The highest BCUT2D eigenvalue weighted by Crippen LogP contribution is 2.38. The average molecular weight is 516 g/mol. The van der Waals surface area contributed by atoms with Gasteiger partial charge in [-0.3, -0.25) is 13.9 Å². The molecule has 0 spiro atoms. The maximum atomic E-state index is 14.5. The Labute approximate surface area is 216 Å². The molecule has 0 radical (unpaired) electrons. The van der Waals surface area contributed by atoms with Crippen molar-refractivity contribution in [2.45, 2.75) is 13.1 Å². The topological polar surface area (TPSA) is 122 Å². The van der Waals surface area contributed by atoms with Crippen molar-refractivity contribution in [1.29, 1.82) is 0 Å². The van der Waals surface area contributed by atoms with E-state index in [2.05, 4.69) is 15.4 Å². The van der Waals surface area contributed by atoms with Crippen LogP contribution >= 0.6 is 0 Å². The third-order valence-corrected chi connectivity index (χ3v) is 6.49. The van der Waals surface area contributed by atoms with Crippen LogP contribution in [0.25, 0.3) is 27.8 Å². The number of benzene rings is 2. The van der Waals surface area contributed by atoms with Crippen LogP contribution in [0.15, 0.2) is 70.5 Å². The molecule has 3 heterocycles. The predicted octanol–water partition coefficient (Wildman–Crippen LogP) is 2.70. The Hall–Kier alpha value is -4.77. The van der Waals surface area contributed by atoms with Gasteiger partial charge in [0.2, 0.25) is 0 Å². The quantitative estimate of drug-likeness (QED) is 0.342. The SMILES string of the molecule is COc1ccc(F)cc1-c1c(CN)c(NCc2ccc(-n3cccn3)cc2)nc2c1c(=O)n(C)c(=O)n2C. The van der Waals surface area contributed by atoms with Gasteiger partial charge >= 0.3 is 5.69 Å². The average Bonchev–Trinajstić information content (AvgIpc) is 3.48. The number of pyridine rings is 1. The monoisotopic (exact) mass is 515 g/mol. The highest BCUT2D eigenvalue weighted by molar-refractivity contribution is 5.98. The van der Waals surface area contributed by atoms with Crippen LogP contribution in [0.3, 0.4) is 0 Å². The Bertz CT molecular complexity index is 1760. The number of anilines is 1. The van der Waals surface area contributed by atoms with E-state index in [1.54, 1.807) is 10.9 Å². The van der Waals surface area contributed by atoms with Crippen LogP contribution in [0.5, 0.6) is 5.75 Å². The minimum Gasteiger partial charge on any atom is -0.496 e. The molecule has 0 amide bonds. The van der Waals surface area contributed by atoms with Gasteiger partial charge < -0.3 is 15.8 Å². The number of nitrogens with two attached hydrogens (primary N) is 1. The molecule has 5 rings (SSSR count). The third-order valence-electron chi connectivity index (χ3n) is 6.49. The minimum atomic E-state index is -0.563. The third kappa shape index (κ3) is 4.22. The van der Waals surface area contributed by atoms with Crippen LogP contribution in [-0.2, 0) is 27.2 Å². The van der Waals surface area contributed by atoms with Gasteiger partial charge in [-0.05, 0) is 42.0 Å². The van der Waals surface area contributed by atoms with Gasteiger partial charge in [0.05, 0.1) is 18.2 Å². The molecule has 0 fully saturated rings. The van der Waals surface area contributed by atoms with Gasteiger partial charge in [-0.15, -0.1) is 0 Å². The van der Waals surface area contributed by atoms with E-state index in [9.17, 15) is 14.0 Å². The van der Waals surface area contributed by atoms with Crippen molar-refractivity contribution in [3.05, 3.63) is 98.7 Å². The Morgan fingerprint density at radius 1 is 1.08 bits per heavy atom. The Morgan fingerprint density at radius 3 is 2.50 bits per heavy atom. The van der Waals surface area contributed by atoms with E-state index < -0.39 is 17.1 Å². The van der Waals surface area contributed by atoms with Gasteiger partial charge in [-0.2, -0.15) is 5.10 Å². The summed E-state index contributed by atoms with van der Waals surface area (Å²) in [6.45, 7) is 0.369. The first-order chi connectivity index (χ1) is 18.3. The molecule has 0 saturated carbocycles. The molecule has 0 aliphatic heterocycles. The second-order valence-corrected chi connectivity index (χ2v) is 8.74. The van der Waals surface area contributed by atoms with E-state index in [1.165, 1.54) is 44.0 Å². The number of nitrogens with one attached hydrogen (secondary N) is 1. The van der Waals surface area contributed by atoms with Crippen LogP contribution in [0, 0.1) is 5.82 Å². The Morgan fingerprint density at radius 2 is 1.84 bits per heavy atom. The van der Waals surface area contributed by atoms with Gasteiger partial charge in [0.1, 0.15) is 17.4 Å². The van der Waals surface area contributed by atoms with Gasteiger partial charge in [0.15, 0.2) is 5.65 Å². The molecule has 11 heteroatoms. The van der Waals surface area contributed by atoms with Crippen molar-refractivity contribution < 1.29 is 9.13 Å². The van der Waals surface area contributed by atoms with E-state index in [0.717, 1.165) is 15.8 Å². The smallest absolute Gasteiger partial charge is 0.332 e. The molecule has 38 heavy (non-hydrogen) atoms. The van der Waals surface area contributed by atoms with Crippen LogP contribution in [0.2, 0.25) is 0 Å². The molecule has 194 valence electrons. The summed E-state index contributed by atoms with van der Waals surface area (Å²) >= 11 is 0. The van der Waals surface area contributed by atoms with Crippen molar-refractivity contribution in [3.8, 4) is 22.6 Å². The van der Waals surface area contributed by atoms with E-state index in [4.69, 9.17) is 10.5 Å². The van der Waals surface area contributed by atoms with Gasteiger partial charge in [-0.1, -0.05) is 12.1 Å². The maximum Gasteiger partial charge on any atom is 0.332 e. The van der Waals surface area contributed by atoms with Crippen LogP contribution in [-0.4, -0.2) is 31.0 Å². The zero-order valence-electron chi connectivity index (χ0n) is 21.1. The van der Waals surface area contributed by atoms with E-state index in [1.807, 2.05) is 36.5 Å². The lowest BCUT2D eigenvalue weighted by Crippen LogP contribution is -2.38. The molecule has 0 saturated heterocycles. The van der Waals surface area contributed by atoms with E-state index >= 15 is 0 Å². The summed E-state index contributed by atoms with van der Waals surface area (Å²) < 4.78 is 24.0. The molecule has 5 aromatic rings. The molecule has 0 unspecified atom stereocenters. The van der Waals surface area contributed by atoms with Crippen molar-refractivity contribution >= 4 is 16.9 Å². The number of methoxy groups -OCH3 is 1. The molecule has 10 nitrogen and oxygen atoms in total. The van der Waals surface area contributed by atoms with Crippen molar-refractivity contribution in [2.75, 3.05) is 12.4 Å². The summed E-state index contributed by atoms with van der Waals surface area (Å²) in [6.07, 6.45) is 3.57. The number of aryl methyl sites for hydroxylation is 1. The summed E-state index contributed by atoms with van der Waals surface area (Å²) in [4.78, 5) is 30.8. The fourth-order valence-electron chi connectivity index (χ4n) is 4.52. The maximum absolute atomic E-state index is 14.5. The summed E-state index contributed by atoms with van der Waals surface area (Å²) in [5, 5.41) is 7.68. The van der Waals surface area contributed by atoms with Crippen molar-refractivity contribution in [2.24, 2.45) is 19.8 Å². The molecule has 0 aliphatic rings. The molecule has 2 aromatic carbocycles. The first-order valence-corrected chi connectivity index (χ1v) is 11.8. The Kier molecular flexibility index (Phi) is 6.52. The number of hydrogen-bond acceptors (Lipinski definition) is 7. The fourth-order valence-corrected chi connectivity index (χ4v) is 4.52. The van der Waals surface area contributed by atoms with Crippen molar-refractivity contribution in [1.82, 2.24) is 23.9 Å². The molecule has 3 N–H and O–H groups in total. The number of aromatic nitrogens is 5. The summed E-state index contributed by atoms with van der Waals surface area (Å²) in [5.74, 6) is 0.215. The summed E-state index contributed by atoms with van der Waals surface area (Å²) in [6, 6.07) is 13.7. The Balaban J connectivity index is 1.69. The zero-order chi connectivity index (χ0) is 27.0. The highest BCUT2D eigenvalue weighted by Gasteiger charge is 2.24. The predicted molar refractivity (Wildman–Crippen MR) is 143 cm³/mol. The standard InChI is InChI=1S/C27H26FN7O3/c1-33-25-23(26(36)34(2)27(33)37)22(19-13-17(28)7-10-21(19)38-3)20(14-29)24(32-25)30-15-16-5-8-18(9-6-16)35-12-4-11-31-35/h4-13H,14-15,29H2,1-3H3,(H,30,32). The van der Waals surface area contributed by atoms with Crippen LogP contribution in [0.4, 0.5) is 10.2 Å². The van der Waals surface area contributed by atoms with Crippen LogP contribution < -0.4 is 27.0 Å². The molecular formula is C27H26FN7O3. The summed E-state index contributed by atoms with van der Waals surface area (Å²) in [5.41, 5.74) is 8.31. The lowest BCUT2D eigenvalue weighted by atomic mass is 9.96. The first-order valence-electron chi connectivity index (χ1n) is 11.8. The fraction of sp³-hybridized carbons (Fsp3) is 0.185. The first kappa shape index (κ1) is 24.9. The van der Waals surface area contributed by atoms with Crippen molar-refractivity contribution in [3.63, 3.8) is 0 Å². The normalized spacial score (nSPS) is 11.2. The molecule has 3 aromatic heterocycles. The number of rotatable bonds is 7. The molecular weight excluding hydrogens is 489 g/mol. The second-order valence-electron chi connectivity index (χ2n) is 8.74. The second kappa shape index (κ2) is 9.94. The number of ether oxygens (including phenoxy) is 1. The lowest BCUT2D eigenvalue weighted by Gasteiger charge is -2.20. The van der Waals surface area contributed by atoms with Crippen LogP contribution in [0.1, 0.15) is 11.1 Å². The van der Waals surface area contributed by atoms with Gasteiger partial charge in [-0.25, -0.2) is 18.9 Å². The number of fused-ring (bicyclic) bond motifs is 1. The van der Waals surface area contributed by atoms with E-state index in [0.29, 0.717) is 34.8 Å². The number of hydrogen-bond donors (Lipinski definition) is 2. The summed E-state index contributed by atoms with van der Waals surface area (Å²) in [7, 11) is 4.38. The van der Waals surface area contributed by atoms with Gasteiger partial charge in [0.25, 0.3) is 5.56 Å².